The monoisotopic (exact) mass is 491 g/mol. The summed E-state index contributed by atoms with van der Waals surface area (Å²) < 4.78 is 20.2. The fourth-order valence-corrected chi connectivity index (χ4v) is 5.07. The third kappa shape index (κ3) is 8.24. The van der Waals surface area contributed by atoms with Crippen LogP contribution in [0.3, 0.4) is 0 Å². The lowest BCUT2D eigenvalue weighted by Gasteiger charge is -2.29. The number of amides is 1. The van der Waals surface area contributed by atoms with Crippen molar-refractivity contribution in [1.29, 1.82) is 0 Å². The molecular formula is C28H42FNO5. The van der Waals surface area contributed by atoms with Crippen LogP contribution in [0.5, 0.6) is 0 Å². The van der Waals surface area contributed by atoms with Gasteiger partial charge in [0.1, 0.15) is 5.82 Å². The molecule has 1 aromatic rings. The van der Waals surface area contributed by atoms with Gasteiger partial charge in [0.15, 0.2) is 0 Å². The fourth-order valence-electron chi connectivity index (χ4n) is 5.07. The topological polar surface area (TPSA) is 99.0 Å². The Morgan fingerprint density at radius 2 is 1.83 bits per heavy atom. The Hall–Kier alpha value is -2.06. The highest BCUT2D eigenvalue weighted by molar-refractivity contribution is 6.03. The van der Waals surface area contributed by atoms with Crippen LogP contribution in [0.1, 0.15) is 52.5 Å². The van der Waals surface area contributed by atoms with E-state index in [2.05, 4.69) is 5.32 Å². The number of aliphatic hydroxyl groups excluding tert-OH is 3. The number of carbonyl (C=O) groups is 1. The number of benzene rings is 1. The molecule has 4 N–H and O–H groups in total. The molecule has 6 atom stereocenters. The van der Waals surface area contributed by atoms with Gasteiger partial charge < -0.3 is 25.4 Å². The van der Waals surface area contributed by atoms with Gasteiger partial charge in [0, 0.05) is 49.3 Å². The number of nitrogens with one attached hydrogen (secondary N) is 1. The molecule has 196 valence electrons. The Morgan fingerprint density at radius 1 is 1.14 bits per heavy atom. The first-order valence-corrected chi connectivity index (χ1v) is 12.5. The highest BCUT2D eigenvalue weighted by Crippen LogP contribution is 2.28. The number of carbonyl (C=O) groups excluding carboxylic acids is 1. The molecule has 0 spiro atoms. The SMILES string of the molecule is CO[C@H]1/C(C)=C/[C@H](C)[C@@H](O)[C@@H](CO)C[C@H](C)Cc2cc(ccc2F)NC(=O)/C(C)=C/CC[C@@H]1CO. The van der Waals surface area contributed by atoms with Crippen molar-refractivity contribution >= 4 is 11.6 Å². The zero-order chi connectivity index (χ0) is 26.1. The second-order valence-corrected chi connectivity index (χ2v) is 10.1. The third-order valence-electron chi connectivity index (χ3n) is 7.07. The van der Waals surface area contributed by atoms with Gasteiger partial charge in [-0.25, -0.2) is 4.39 Å². The second-order valence-electron chi connectivity index (χ2n) is 10.1. The molecule has 6 nitrogen and oxygen atoms in total. The summed E-state index contributed by atoms with van der Waals surface area (Å²) in [5.74, 6) is -1.41. The Bertz CT molecular complexity index is 899. The van der Waals surface area contributed by atoms with Crippen LogP contribution >= 0.6 is 0 Å². The van der Waals surface area contributed by atoms with Gasteiger partial charge in [-0.15, -0.1) is 0 Å². The molecule has 1 aromatic carbocycles. The number of hydrogen-bond donors (Lipinski definition) is 4. The highest BCUT2D eigenvalue weighted by Gasteiger charge is 2.28. The van der Waals surface area contributed by atoms with E-state index >= 15 is 0 Å². The van der Waals surface area contributed by atoms with Crippen LogP contribution in [0.2, 0.25) is 0 Å². The van der Waals surface area contributed by atoms with Crippen LogP contribution in [-0.2, 0) is 16.0 Å². The zero-order valence-corrected chi connectivity index (χ0v) is 21.6. The van der Waals surface area contributed by atoms with Gasteiger partial charge in [0.25, 0.3) is 5.91 Å². The number of hydrogen-bond acceptors (Lipinski definition) is 5. The van der Waals surface area contributed by atoms with E-state index < -0.39 is 6.10 Å². The number of halogens is 1. The van der Waals surface area contributed by atoms with E-state index in [4.69, 9.17) is 4.74 Å². The molecule has 0 saturated carbocycles. The van der Waals surface area contributed by atoms with Gasteiger partial charge in [0.05, 0.1) is 12.2 Å². The molecule has 2 bridgehead atoms. The minimum Gasteiger partial charge on any atom is -0.396 e. The molecule has 0 aromatic heterocycles. The summed E-state index contributed by atoms with van der Waals surface area (Å²) in [4.78, 5) is 12.7. The van der Waals surface area contributed by atoms with Crippen molar-refractivity contribution in [1.82, 2.24) is 0 Å². The van der Waals surface area contributed by atoms with Crippen LogP contribution in [0.25, 0.3) is 0 Å². The summed E-state index contributed by atoms with van der Waals surface area (Å²) in [5, 5.41) is 33.9. The van der Waals surface area contributed by atoms with Crippen molar-refractivity contribution in [3.8, 4) is 0 Å². The molecule has 1 amide bonds. The number of allylic oxidation sites excluding steroid dienone is 1. The lowest BCUT2D eigenvalue weighted by molar-refractivity contribution is -0.112. The second kappa shape index (κ2) is 13.9. The molecule has 35 heavy (non-hydrogen) atoms. The molecule has 1 aliphatic rings. The lowest BCUT2D eigenvalue weighted by atomic mass is 9.82. The summed E-state index contributed by atoms with van der Waals surface area (Å²) in [6.45, 7) is 7.26. The summed E-state index contributed by atoms with van der Waals surface area (Å²) in [5.41, 5.74) is 2.45. The number of methoxy groups -OCH3 is 1. The van der Waals surface area contributed by atoms with Gasteiger partial charge in [0.2, 0.25) is 0 Å². The lowest BCUT2D eigenvalue weighted by Crippen LogP contribution is -2.32. The molecule has 0 fully saturated rings. The van der Waals surface area contributed by atoms with E-state index in [1.165, 1.54) is 6.07 Å². The van der Waals surface area contributed by atoms with Crippen molar-refractivity contribution in [2.75, 3.05) is 25.6 Å². The van der Waals surface area contributed by atoms with Crippen LogP contribution in [-0.4, -0.2) is 53.8 Å². The van der Waals surface area contributed by atoms with Crippen molar-refractivity contribution in [2.45, 2.75) is 65.6 Å². The molecule has 0 unspecified atom stereocenters. The van der Waals surface area contributed by atoms with Crippen molar-refractivity contribution in [2.24, 2.45) is 23.7 Å². The van der Waals surface area contributed by atoms with Crippen LogP contribution < -0.4 is 5.32 Å². The summed E-state index contributed by atoms with van der Waals surface area (Å²) >= 11 is 0. The molecule has 0 radical (unpaired) electrons. The Balaban J connectivity index is 2.42. The number of ether oxygens (including phenoxy) is 1. The Labute approximate surface area is 208 Å². The van der Waals surface area contributed by atoms with E-state index in [0.29, 0.717) is 42.5 Å². The molecule has 2 rings (SSSR count). The number of fused-ring (bicyclic) bond motifs is 2. The fraction of sp³-hybridized carbons (Fsp3) is 0.607. The quantitative estimate of drug-likeness (QED) is 0.474. The van der Waals surface area contributed by atoms with E-state index in [-0.39, 0.29) is 54.7 Å². The standard InChI is InChI=1S/C28H42FNO5/c1-17-11-22-14-24(9-10-25(22)29)30-28(34)18(2)7-6-8-21(15-31)27(35-5)20(4)13-19(3)26(33)23(12-17)16-32/h7,9-10,13-14,17,19,21,23,26-27,31-33H,6,8,11-12,15-16H2,1-5H3,(H,30,34)/b18-7+,20-13+/t17-,19+,21-,23-,26-,27+/m1/s1. The van der Waals surface area contributed by atoms with E-state index in [9.17, 15) is 24.5 Å². The number of rotatable bonds is 3. The van der Waals surface area contributed by atoms with Gasteiger partial charge >= 0.3 is 0 Å². The predicted octanol–water partition coefficient (Wildman–Crippen LogP) is 4.25. The summed E-state index contributed by atoms with van der Waals surface area (Å²) in [6.07, 6.45) is 4.78. The smallest absolute Gasteiger partial charge is 0.250 e. The third-order valence-corrected chi connectivity index (χ3v) is 7.07. The predicted molar refractivity (Wildman–Crippen MR) is 136 cm³/mol. The Kier molecular flexibility index (Phi) is 11.6. The first-order chi connectivity index (χ1) is 16.6. The molecule has 0 saturated heterocycles. The van der Waals surface area contributed by atoms with Crippen LogP contribution in [0, 0.1) is 29.5 Å². The first kappa shape index (κ1) is 29.2. The van der Waals surface area contributed by atoms with Crippen molar-refractivity contribution in [3.63, 3.8) is 0 Å². The Morgan fingerprint density at radius 3 is 2.46 bits per heavy atom. The molecule has 0 aliphatic carbocycles. The van der Waals surface area contributed by atoms with Crippen molar-refractivity contribution < 1.29 is 29.2 Å². The van der Waals surface area contributed by atoms with Gasteiger partial charge in [-0.1, -0.05) is 26.0 Å². The molecule has 1 heterocycles. The summed E-state index contributed by atoms with van der Waals surface area (Å²) in [7, 11) is 1.60. The molecule has 1 aliphatic heterocycles. The van der Waals surface area contributed by atoms with E-state index in [1.807, 2.05) is 32.9 Å². The summed E-state index contributed by atoms with van der Waals surface area (Å²) in [6, 6.07) is 4.54. The average Bonchev–Trinajstić information content (AvgIpc) is 2.82. The average molecular weight is 492 g/mol. The van der Waals surface area contributed by atoms with Crippen molar-refractivity contribution in [3.05, 3.63) is 52.9 Å². The van der Waals surface area contributed by atoms with Crippen LogP contribution in [0.15, 0.2) is 41.5 Å². The minimum atomic E-state index is -0.786. The van der Waals surface area contributed by atoms with E-state index in [1.54, 1.807) is 26.2 Å². The maximum absolute atomic E-state index is 14.5. The number of aliphatic hydroxyl groups is 3. The van der Waals surface area contributed by atoms with Gasteiger partial charge in [-0.05, 0) is 74.8 Å². The number of anilines is 1. The van der Waals surface area contributed by atoms with Crippen LogP contribution in [0.4, 0.5) is 10.1 Å². The normalized spacial score (nSPS) is 32.8. The zero-order valence-electron chi connectivity index (χ0n) is 21.6. The van der Waals surface area contributed by atoms with E-state index in [0.717, 1.165) is 5.57 Å². The van der Waals surface area contributed by atoms with Gasteiger partial charge in [-0.3, -0.25) is 4.79 Å². The highest BCUT2D eigenvalue weighted by atomic mass is 19.1. The first-order valence-electron chi connectivity index (χ1n) is 12.5. The van der Waals surface area contributed by atoms with Gasteiger partial charge in [-0.2, -0.15) is 0 Å². The maximum atomic E-state index is 14.5. The minimum absolute atomic E-state index is 0.00580. The largest absolute Gasteiger partial charge is 0.396 e. The maximum Gasteiger partial charge on any atom is 0.250 e. The molecular weight excluding hydrogens is 449 g/mol. The molecule has 7 heteroatoms.